The number of carbonyl (C=O) groups is 1. The number of hydrogen-bond donors (Lipinski definition) is 1. The van der Waals surface area contributed by atoms with Gasteiger partial charge in [-0.25, -0.2) is 4.79 Å². The van der Waals surface area contributed by atoms with Crippen LogP contribution in [0.15, 0.2) is 52.0 Å². The van der Waals surface area contributed by atoms with E-state index in [0.29, 0.717) is 49.5 Å². The molecule has 1 heterocycles. The molecule has 1 N–H and O–H groups in total. The van der Waals surface area contributed by atoms with Gasteiger partial charge < -0.3 is 9.15 Å². The maximum Gasteiger partial charge on any atom is 0.339 e. The van der Waals surface area contributed by atoms with Crippen LogP contribution in [0.3, 0.4) is 0 Å². The second kappa shape index (κ2) is 10.4. The minimum Gasteiger partial charge on any atom is -0.462 e. The maximum absolute atomic E-state index is 12.3. The molecule has 3 rings (SSSR count). The van der Waals surface area contributed by atoms with E-state index in [2.05, 4.69) is 10.5 Å². The molecule has 0 fully saturated rings. The van der Waals surface area contributed by atoms with E-state index in [1.165, 1.54) is 6.21 Å². The number of rotatable bonds is 7. The molecule has 0 saturated carbocycles. The number of nitrogens with one attached hydrogen (secondary N) is 1. The number of halogens is 4. The van der Waals surface area contributed by atoms with Gasteiger partial charge in [0, 0.05) is 10.6 Å². The lowest BCUT2D eigenvalue weighted by molar-refractivity contribution is 0.0459. The molecule has 162 valence electrons. The summed E-state index contributed by atoms with van der Waals surface area (Å²) in [6.07, 6.45) is 1.47. The van der Waals surface area contributed by atoms with Crippen LogP contribution >= 0.6 is 46.4 Å². The summed E-state index contributed by atoms with van der Waals surface area (Å²) >= 11 is 24.3. The number of hydrogen-bond acceptors (Lipinski definition) is 5. The number of anilines is 1. The smallest absolute Gasteiger partial charge is 0.339 e. The highest BCUT2D eigenvalue weighted by Gasteiger charge is 2.15. The first-order valence-electron chi connectivity index (χ1n) is 9.25. The van der Waals surface area contributed by atoms with Gasteiger partial charge in [-0.15, -0.1) is 0 Å². The van der Waals surface area contributed by atoms with Crippen molar-refractivity contribution in [2.24, 2.45) is 11.0 Å². The molecule has 0 saturated heterocycles. The van der Waals surface area contributed by atoms with Gasteiger partial charge in [0.15, 0.2) is 0 Å². The zero-order chi connectivity index (χ0) is 22.5. The molecule has 0 radical (unpaired) electrons. The van der Waals surface area contributed by atoms with Gasteiger partial charge in [-0.3, -0.25) is 5.43 Å². The second-order valence-electron chi connectivity index (χ2n) is 7.00. The van der Waals surface area contributed by atoms with E-state index in [9.17, 15) is 4.79 Å². The minimum absolute atomic E-state index is 0.226. The van der Waals surface area contributed by atoms with E-state index in [-0.39, 0.29) is 11.5 Å². The lowest BCUT2D eigenvalue weighted by atomic mass is 10.1. The van der Waals surface area contributed by atoms with Crippen molar-refractivity contribution in [2.75, 3.05) is 12.0 Å². The Kier molecular flexibility index (Phi) is 7.89. The van der Waals surface area contributed by atoms with Gasteiger partial charge in [0.05, 0.1) is 39.1 Å². The van der Waals surface area contributed by atoms with Gasteiger partial charge in [-0.2, -0.15) is 5.10 Å². The largest absolute Gasteiger partial charge is 0.462 e. The predicted molar refractivity (Wildman–Crippen MR) is 127 cm³/mol. The summed E-state index contributed by atoms with van der Waals surface area (Å²) in [6.45, 7) is 4.23. The Balaban J connectivity index is 1.74. The zero-order valence-corrected chi connectivity index (χ0v) is 19.6. The van der Waals surface area contributed by atoms with Crippen molar-refractivity contribution in [2.45, 2.75) is 13.8 Å². The quantitative estimate of drug-likeness (QED) is 0.204. The van der Waals surface area contributed by atoms with E-state index in [4.69, 9.17) is 55.6 Å². The Morgan fingerprint density at radius 1 is 1.06 bits per heavy atom. The van der Waals surface area contributed by atoms with Crippen molar-refractivity contribution < 1.29 is 13.9 Å². The molecule has 0 unspecified atom stereocenters. The molecule has 0 atom stereocenters. The van der Waals surface area contributed by atoms with Crippen LogP contribution in [-0.2, 0) is 4.74 Å². The van der Waals surface area contributed by atoms with Crippen LogP contribution in [0.1, 0.15) is 30.0 Å². The molecule has 0 aliphatic rings. The molecular weight excluding hydrogens is 482 g/mol. The molecule has 0 amide bonds. The van der Waals surface area contributed by atoms with Gasteiger partial charge in [-0.1, -0.05) is 60.3 Å². The highest BCUT2D eigenvalue weighted by atomic mass is 35.5. The number of ether oxygens (including phenoxy) is 1. The average molecular weight is 500 g/mol. The second-order valence-corrected chi connectivity index (χ2v) is 8.66. The summed E-state index contributed by atoms with van der Waals surface area (Å²) in [5, 5.41) is 5.51. The van der Waals surface area contributed by atoms with E-state index in [0.717, 1.165) is 0 Å². The summed E-state index contributed by atoms with van der Waals surface area (Å²) in [5.41, 5.74) is 4.15. The SMILES string of the molecule is CC(C)COC(=O)c1cc(-c2ccc(C=NNc3c(Cl)cc(Cl)cc3Cl)o2)ccc1Cl. The van der Waals surface area contributed by atoms with Gasteiger partial charge in [-0.05, 0) is 48.4 Å². The standard InChI is InChI=1S/C22H18Cl4N2O3/c1-12(2)11-30-22(29)16-7-13(3-5-17(16)24)20-6-4-15(31-20)10-27-28-21-18(25)8-14(23)9-19(21)26/h3-10,12,28H,11H2,1-2H3. The van der Waals surface area contributed by atoms with Crippen molar-refractivity contribution in [1.29, 1.82) is 0 Å². The van der Waals surface area contributed by atoms with Crippen molar-refractivity contribution in [3.63, 3.8) is 0 Å². The van der Waals surface area contributed by atoms with Crippen LogP contribution in [0.4, 0.5) is 5.69 Å². The number of furan rings is 1. The number of esters is 1. The van der Waals surface area contributed by atoms with Crippen LogP contribution in [0.25, 0.3) is 11.3 Å². The molecule has 2 aromatic carbocycles. The number of nitrogens with zero attached hydrogens (tertiary/aromatic N) is 1. The molecule has 31 heavy (non-hydrogen) atoms. The van der Waals surface area contributed by atoms with Crippen LogP contribution in [0, 0.1) is 5.92 Å². The first-order chi connectivity index (χ1) is 14.7. The molecular formula is C22H18Cl4N2O3. The molecule has 9 heteroatoms. The molecule has 0 spiro atoms. The Morgan fingerprint density at radius 2 is 1.77 bits per heavy atom. The van der Waals surface area contributed by atoms with E-state index < -0.39 is 5.97 Å². The van der Waals surface area contributed by atoms with Gasteiger partial charge in [0.25, 0.3) is 0 Å². The summed E-state index contributed by atoms with van der Waals surface area (Å²) < 4.78 is 11.1. The summed E-state index contributed by atoms with van der Waals surface area (Å²) in [7, 11) is 0. The van der Waals surface area contributed by atoms with Crippen LogP contribution < -0.4 is 5.43 Å². The van der Waals surface area contributed by atoms with Crippen molar-refractivity contribution in [3.8, 4) is 11.3 Å². The first-order valence-corrected chi connectivity index (χ1v) is 10.8. The van der Waals surface area contributed by atoms with Gasteiger partial charge in [0.2, 0.25) is 0 Å². The summed E-state index contributed by atoms with van der Waals surface area (Å²) in [6, 6.07) is 11.6. The monoisotopic (exact) mass is 498 g/mol. The average Bonchev–Trinajstić information content (AvgIpc) is 3.17. The fourth-order valence-corrected chi connectivity index (χ4v) is 3.64. The lowest BCUT2D eigenvalue weighted by Gasteiger charge is -2.09. The fourth-order valence-electron chi connectivity index (χ4n) is 2.54. The molecule has 0 aliphatic carbocycles. The Bertz CT molecular complexity index is 1100. The third kappa shape index (κ3) is 6.17. The minimum atomic E-state index is -0.477. The molecule has 5 nitrogen and oxygen atoms in total. The number of benzene rings is 2. The van der Waals surface area contributed by atoms with Crippen LogP contribution in [-0.4, -0.2) is 18.8 Å². The lowest BCUT2D eigenvalue weighted by Crippen LogP contribution is -2.10. The molecule has 0 bridgehead atoms. The van der Waals surface area contributed by atoms with E-state index in [1.54, 1.807) is 42.5 Å². The maximum atomic E-state index is 12.3. The molecule has 1 aromatic heterocycles. The zero-order valence-electron chi connectivity index (χ0n) is 16.6. The van der Waals surface area contributed by atoms with Crippen molar-refractivity contribution >= 4 is 64.3 Å². The predicted octanol–water partition coefficient (Wildman–Crippen LogP) is 7.82. The van der Waals surface area contributed by atoms with Gasteiger partial charge >= 0.3 is 5.97 Å². The summed E-state index contributed by atoms with van der Waals surface area (Å²) in [4.78, 5) is 12.3. The highest BCUT2D eigenvalue weighted by Crippen LogP contribution is 2.33. The van der Waals surface area contributed by atoms with E-state index in [1.807, 2.05) is 13.8 Å². The van der Waals surface area contributed by atoms with Gasteiger partial charge in [0.1, 0.15) is 11.5 Å². The third-order valence-electron chi connectivity index (χ3n) is 4.02. The molecule has 3 aromatic rings. The normalized spacial score (nSPS) is 11.3. The third-order valence-corrected chi connectivity index (χ3v) is 5.16. The summed E-state index contributed by atoms with van der Waals surface area (Å²) in [5.74, 6) is 0.764. The van der Waals surface area contributed by atoms with Crippen molar-refractivity contribution in [1.82, 2.24) is 0 Å². The highest BCUT2D eigenvalue weighted by molar-refractivity contribution is 6.41. The number of hydrazone groups is 1. The van der Waals surface area contributed by atoms with E-state index >= 15 is 0 Å². The van der Waals surface area contributed by atoms with Crippen LogP contribution in [0.5, 0.6) is 0 Å². The topological polar surface area (TPSA) is 63.8 Å². The Morgan fingerprint density at radius 3 is 2.45 bits per heavy atom. The Hall–Kier alpha value is -2.18. The first kappa shape index (κ1) is 23.5. The fraction of sp³-hybridized carbons (Fsp3) is 0.182. The molecule has 0 aliphatic heterocycles. The van der Waals surface area contributed by atoms with Crippen LogP contribution in [0.2, 0.25) is 20.1 Å². The Labute approximate surface area is 199 Å². The van der Waals surface area contributed by atoms with Crippen molar-refractivity contribution in [3.05, 3.63) is 73.9 Å². The number of carbonyl (C=O) groups excluding carboxylic acids is 1.